The topological polar surface area (TPSA) is 73.6 Å². The van der Waals surface area contributed by atoms with Gasteiger partial charge in [-0.2, -0.15) is 0 Å². The first-order valence-corrected chi connectivity index (χ1v) is 7.05. The van der Waals surface area contributed by atoms with Gasteiger partial charge in [-0.3, -0.25) is 4.79 Å². The number of carbonyl (C=O) groups is 1. The molecule has 1 aliphatic rings. The molecule has 0 aromatic heterocycles. The first-order valence-electron chi connectivity index (χ1n) is 6.30. The Morgan fingerprint density at radius 1 is 1.50 bits per heavy atom. The summed E-state index contributed by atoms with van der Waals surface area (Å²) in [5.74, 6) is -0.208. The summed E-state index contributed by atoms with van der Waals surface area (Å²) in [6, 6.07) is 3.07. The van der Waals surface area contributed by atoms with E-state index < -0.39 is 0 Å². The summed E-state index contributed by atoms with van der Waals surface area (Å²) in [7, 11) is 0. The summed E-state index contributed by atoms with van der Waals surface area (Å²) >= 11 is 11.8. The van der Waals surface area contributed by atoms with E-state index >= 15 is 0 Å². The lowest BCUT2D eigenvalue weighted by molar-refractivity contribution is -0.117. The average molecular weight is 319 g/mol. The first-order chi connectivity index (χ1) is 9.56. The molecule has 1 fully saturated rings. The molecule has 1 atom stereocenters. The van der Waals surface area contributed by atoms with Crippen molar-refractivity contribution in [3.05, 3.63) is 22.2 Å². The molecule has 0 bridgehead atoms. The number of nitrogen functional groups attached to an aromatic ring is 1. The molecule has 20 heavy (non-hydrogen) atoms. The smallest absolute Gasteiger partial charge is 0.226 e. The molecule has 0 radical (unpaired) electrons. The molecule has 1 amide bonds. The van der Waals surface area contributed by atoms with Crippen molar-refractivity contribution >= 4 is 40.5 Å². The molecule has 5 nitrogen and oxygen atoms in total. The monoisotopic (exact) mass is 318 g/mol. The van der Waals surface area contributed by atoms with Crippen molar-refractivity contribution in [1.29, 1.82) is 0 Å². The van der Waals surface area contributed by atoms with Crippen LogP contribution in [-0.2, 0) is 14.3 Å². The van der Waals surface area contributed by atoms with Crippen LogP contribution in [0.3, 0.4) is 0 Å². The molecule has 0 spiro atoms. The van der Waals surface area contributed by atoms with E-state index in [4.69, 9.17) is 38.4 Å². The molecule has 0 aliphatic carbocycles. The maximum atomic E-state index is 11.8. The Bertz CT molecular complexity index is 467. The van der Waals surface area contributed by atoms with Crippen molar-refractivity contribution in [2.75, 3.05) is 30.9 Å². The molecular weight excluding hydrogens is 303 g/mol. The Labute approximate surface area is 127 Å². The van der Waals surface area contributed by atoms with Crippen LogP contribution in [0.1, 0.15) is 12.8 Å². The molecule has 0 saturated carbocycles. The van der Waals surface area contributed by atoms with Crippen molar-refractivity contribution in [3.63, 3.8) is 0 Å². The van der Waals surface area contributed by atoms with Gasteiger partial charge in [-0.15, -0.1) is 0 Å². The number of anilines is 2. The second-order valence-electron chi connectivity index (χ2n) is 4.51. The zero-order valence-electron chi connectivity index (χ0n) is 10.8. The van der Waals surface area contributed by atoms with Crippen LogP contribution in [0.25, 0.3) is 0 Å². The van der Waals surface area contributed by atoms with Crippen molar-refractivity contribution in [2.24, 2.45) is 0 Å². The van der Waals surface area contributed by atoms with E-state index in [1.165, 1.54) is 12.1 Å². The fourth-order valence-corrected chi connectivity index (χ4v) is 2.45. The summed E-state index contributed by atoms with van der Waals surface area (Å²) in [4.78, 5) is 11.8. The highest BCUT2D eigenvalue weighted by Crippen LogP contribution is 2.32. The van der Waals surface area contributed by atoms with Gasteiger partial charge in [-0.05, 0) is 18.6 Å². The molecular formula is C13H16Cl2N2O3. The second-order valence-corrected chi connectivity index (χ2v) is 5.35. The molecule has 1 aromatic carbocycles. The fourth-order valence-electron chi connectivity index (χ4n) is 1.89. The van der Waals surface area contributed by atoms with Gasteiger partial charge in [0, 0.05) is 11.6 Å². The van der Waals surface area contributed by atoms with Gasteiger partial charge in [0.25, 0.3) is 0 Å². The van der Waals surface area contributed by atoms with Crippen LogP contribution in [0.15, 0.2) is 12.1 Å². The molecule has 1 saturated heterocycles. The third-order valence-electron chi connectivity index (χ3n) is 2.92. The van der Waals surface area contributed by atoms with Crippen molar-refractivity contribution < 1.29 is 14.3 Å². The predicted octanol–water partition coefficient (Wildman–Crippen LogP) is 2.71. The Kier molecular flexibility index (Phi) is 5.48. The second kappa shape index (κ2) is 7.13. The van der Waals surface area contributed by atoms with Gasteiger partial charge in [0.1, 0.15) is 0 Å². The minimum Gasteiger partial charge on any atom is -0.397 e. The number of carbonyl (C=O) groups excluding carboxylic acids is 1. The number of nitrogens with one attached hydrogen (secondary N) is 1. The molecule has 2 rings (SSSR count). The minimum absolute atomic E-state index is 0.0898. The molecule has 1 aromatic rings. The van der Waals surface area contributed by atoms with Gasteiger partial charge < -0.3 is 20.5 Å². The third kappa shape index (κ3) is 4.24. The first kappa shape index (κ1) is 15.4. The minimum atomic E-state index is -0.208. The number of hydrogen-bond acceptors (Lipinski definition) is 4. The Morgan fingerprint density at radius 3 is 2.95 bits per heavy atom. The van der Waals surface area contributed by atoms with E-state index in [1.54, 1.807) is 0 Å². The summed E-state index contributed by atoms with van der Waals surface area (Å²) in [5, 5.41) is 3.40. The lowest BCUT2D eigenvalue weighted by Gasteiger charge is -2.12. The Balaban J connectivity index is 1.82. The van der Waals surface area contributed by atoms with E-state index in [0.29, 0.717) is 41.2 Å². The van der Waals surface area contributed by atoms with Crippen molar-refractivity contribution in [2.45, 2.75) is 18.9 Å². The quantitative estimate of drug-likeness (QED) is 0.819. The number of nitrogens with two attached hydrogens (primary N) is 1. The van der Waals surface area contributed by atoms with Crippen LogP contribution in [-0.4, -0.2) is 31.8 Å². The van der Waals surface area contributed by atoms with Gasteiger partial charge in [0.15, 0.2) is 0 Å². The van der Waals surface area contributed by atoms with Crippen LogP contribution < -0.4 is 11.1 Å². The van der Waals surface area contributed by atoms with Gasteiger partial charge in [-0.25, -0.2) is 0 Å². The average Bonchev–Trinajstić information content (AvgIpc) is 2.87. The fraction of sp³-hybridized carbons (Fsp3) is 0.462. The lowest BCUT2D eigenvalue weighted by Crippen LogP contribution is -2.19. The van der Waals surface area contributed by atoms with Crippen molar-refractivity contribution in [3.8, 4) is 0 Å². The van der Waals surface area contributed by atoms with E-state index in [9.17, 15) is 4.79 Å². The largest absolute Gasteiger partial charge is 0.397 e. The van der Waals surface area contributed by atoms with Crippen LogP contribution in [0.4, 0.5) is 11.4 Å². The summed E-state index contributed by atoms with van der Waals surface area (Å²) < 4.78 is 10.7. The summed E-state index contributed by atoms with van der Waals surface area (Å²) in [6.45, 7) is 1.65. The highest BCUT2D eigenvalue weighted by atomic mass is 35.5. The van der Waals surface area contributed by atoms with E-state index in [1.807, 2.05) is 0 Å². The van der Waals surface area contributed by atoms with Gasteiger partial charge >= 0.3 is 0 Å². The van der Waals surface area contributed by atoms with Gasteiger partial charge in [0.2, 0.25) is 5.91 Å². The summed E-state index contributed by atoms with van der Waals surface area (Å²) in [5.41, 5.74) is 6.48. The van der Waals surface area contributed by atoms with Crippen molar-refractivity contribution in [1.82, 2.24) is 0 Å². The molecule has 1 heterocycles. The number of rotatable bonds is 5. The molecule has 1 unspecified atom stereocenters. The van der Waals surface area contributed by atoms with Gasteiger partial charge in [-0.1, -0.05) is 23.2 Å². The molecule has 110 valence electrons. The lowest BCUT2D eigenvalue weighted by atomic mass is 10.2. The Morgan fingerprint density at radius 2 is 2.30 bits per heavy atom. The van der Waals surface area contributed by atoms with Gasteiger partial charge in [0.05, 0.1) is 42.1 Å². The molecule has 3 N–H and O–H groups in total. The maximum Gasteiger partial charge on any atom is 0.226 e. The predicted molar refractivity (Wildman–Crippen MR) is 79.3 cm³/mol. The summed E-state index contributed by atoms with van der Waals surface area (Å²) in [6.07, 6.45) is 1.19. The standard InChI is InChI=1S/C13H16Cl2N2O3/c14-8-5-10(15)13(11(16)6-8)17-12(18)2-4-20-9-1-3-19-7-9/h5-6,9H,1-4,7,16H2,(H,17,18). The van der Waals surface area contributed by atoms with E-state index in [-0.39, 0.29) is 18.4 Å². The molecule has 7 heteroatoms. The highest BCUT2D eigenvalue weighted by molar-refractivity contribution is 6.37. The highest BCUT2D eigenvalue weighted by Gasteiger charge is 2.16. The third-order valence-corrected chi connectivity index (χ3v) is 3.44. The zero-order valence-corrected chi connectivity index (χ0v) is 12.3. The number of hydrogen-bond donors (Lipinski definition) is 2. The van der Waals surface area contributed by atoms with Crippen LogP contribution in [0.2, 0.25) is 10.0 Å². The van der Waals surface area contributed by atoms with Crippen LogP contribution >= 0.6 is 23.2 Å². The number of halogens is 2. The maximum absolute atomic E-state index is 11.8. The normalized spacial score (nSPS) is 18.2. The van der Waals surface area contributed by atoms with E-state index in [2.05, 4.69) is 5.32 Å². The number of amides is 1. The van der Waals surface area contributed by atoms with Crippen LogP contribution in [0, 0.1) is 0 Å². The SMILES string of the molecule is Nc1cc(Cl)cc(Cl)c1NC(=O)CCOC1CCOC1. The number of benzene rings is 1. The zero-order chi connectivity index (χ0) is 14.5. The van der Waals surface area contributed by atoms with E-state index in [0.717, 1.165) is 6.42 Å². The molecule has 1 aliphatic heterocycles. The number of ether oxygens (including phenoxy) is 2. The Hall–Kier alpha value is -1.01. The van der Waals surface area contributed by atoms with Crippen LogP contribution in [0.5, 0.6) is 0 Å².